The van der Waals surface area contributed by atoms with E-state index in [0.29, 0.717) is 18.7 Å². The molecule has 1 aromatic heterocycles. The summed E-state index contributed by atoms with van der Waals surface area (Å²) in [6, 6.07) is 0.474. The Labute approximate surface area is 102 Å². The Morgan fingerprint density at radius 3 is 2.82 bits per heavy atom. The number of ether oxygens (including phenoxy) is 1. The van der Waals surface area contributed by atoms with Crippen molar-refractivity contribution in [2.24, 2.45) is 5.73 Å². The molecule has 0 unspecified atom stereocenters. The number of nitrogens with one attached hydrogen (secondary N) is 1. The van der Waals surface area contributed by atoms with Crippen molar-refractivity contribution in [2.75, 3.05) is 12.4 Å². The molecular weight excluding hydrogens is 216 g/mol. The van der Waals surface area contributed by atoms with Crippen molar-refractivity contribution < 1.29 is 4.74 Å². The second-order valence-electron chi connectivity index (χ2n) is 4.45. The summed E-state index contributed by atoms with van der Waals surface area (Å²) in [4.78, 5) is 8.23. The van der Waals surface area contributed by atoms with Gasteiger partial charge in [0.1, 0.15) is 12.1 Å². The van der Waals surface area contributed by atoms with E-state index in [1.807, 2.05) is 0 Å². The molecule has 1 aliphatic carbocycles. The summed E-state index contributed by atoms with van der Waals surface area (Å²) in [7, 11) is 1.79. The molecule has 1 aliphatic rings. The summed E-state index contributed by atoms with van der Waals surface area (Å²) < 4.78 is 5.36. The molecule has 1 aromatic rings. The molecular formula is C12H20N4O. The second-order valence-corrected chi connectivity index (χ2v) is 4.45. The topological polar surface area (TPSA) is 73.1 Å². The monoisotopic (exact) mass is 236 g/mol. The zero-order valence-corrected chi connectivity index (χ0v) is 10.2. The van der Waals surface area contributed by atoms with Crippen molar-refractivity contribution in [3.63, 3.8) is 0 Å². The number of rotatable bonds is 4. The van der Waals surface area contributed by atoms with E-state index >= 15 is 0 Å². The number of hydrogen-bond donors (Lipinski definition) is 2. The van der Waals surface area contributed by atoms with Crippen LogP contribution in [0.3, 0.4) is 0 Å². The van der Waals surface area contributed by atoms with E-state index in [2.05, 4.69) is 15.3 Å². The third-order valence-corrected chi connectivity index (χ3v) is 3.36. The maximum absolute atomic E-state index is 5.66. The summed E-state index contributed by atoms with van der Waals surface area (Å²) in [6.07, 6.45) is 8.21. The number of methoxy groups -OCH3 is 1. The smallest absolute Gasteiger partial charge is 0.134 e. The van der Waals surface area contributed by atoms with Crippen LogP contribution >= 0.6 is 0 Å². The maximum atomic E-state index is 5.66. The molecule has 3 N–H and O–H groups in total. The highest BCUT2D eigenvalue weighted by Crippen LogP contribution is 2.23. The minimum atomic E-state index is 0.424. The second kappa shape index (κ2) is 5.93. The lowest BCUT2D eigenvalue weighted by atomic mass is 9.93. The van der Waals surface area contributed by atoms with E-state index in [9.17, 15) is 0 Å². The van der Waals surface area contributed by atoms with Crippen molar-refractivity contribution in [3.05, 3.63) is 18.1 Å². The van der Waals surface area contributed by atoms with Gasteiger partial charge in [-0.2, -0.15) is 0 Å². The molecule has 5 heteroatoms. The molecule has 1 fully saturated rings. The van der Waals surface area contributed by atoms with E-state index in [1.165, 1.54) is 0 Å². The van der Waals surface area contributed by atoms with Gasteiger partial charge in [-0.25, -0.2) is 9.97 Å². The molecule has 0 saturated heterocycles. The van der Waals surface area contributed by atoms with Crippen LogP contribution in [0.15, 0.2) is 12.5 Å². The number of aromatic nitrogens is 2. The van der Waals surface area contributed by atoms with Crippen LogP contribution in [0.4, 0.5) is 5.82 Å². The summed E-state index contributed by atoms with van der Waals surface area (Å²) in [5.41, 5.74) is 6.63. The van der Waals surface area contributed by atoms with Crippen LogP contribution < -0.4 is 11.1 Å². The zero-order valence-electron chi connectivity index (χ0n) is 10.2. The lowest BCUT2D eigenvalue weighted by molar-refractivity contribution is 0.0681. The van der Waals surface area contributed by atoms with E-state index in [1.54, 1.807) is 19.6 Å². The summed E-state index contributed by atoms with van der Waals surface area (Å²) in [5.74, 6) is 0.878. The van der Waals surface area contributed by atoms with Gasteiger partial charge in [0.2, 0.25) is 0 Å². The van der Waals surface area contributed by atoms with Crippen molar-refractivity contribution in [2.45, 2.75) is 44.4 Å². The standard InChI is InChI=1S/C12H20N4O/c1-17-11-4-2-10(3-5-11)16-12-9(6-13)7-14-8-15-12/h7-8,10-11H,2-6,13H2,1H3,(H,14,15,16)/t10-,11-. The molecule has 0 radical (unpaired) electrons. The predicted molar refractivity (Wildman–Crippen MR) is 66.6 cm³/mol. The number of anilines is 1. The van der Waals surface area contributed by atoms with E-state index in [4.69, 9.17) is 10.5 Å². The highest BCUT2D eigenvalue weighted by molar-refractivity contribution is 5.42. The van der Waals surface area contributed by atoms with Crippen molar-refractivity contribution in [3.8, 4) is 0 Å². The van der Waals surface area contributed by atoms with Gasteiger partial charge >= 0.3 is 0 Å². The van der Waals surface area contributed by atoms with Crippen molar-refractivity contribution in [1.29, 1.82) is 0 Å². The predicted octanol–water partition coefficient (Wildman–Crippen LogP) is 1.30. The fourth-order valence-corrected chi connectivity index (χ4v) is 2.27. The van der Waals surface area contributed by atoms with E-state index in [0.717, 1.165) is 37.1 Å². The maximum Gasteiger partial charge on any atom is 0.134 e. The quantitative estimate of drug-likeness (QED) is 0.824. The van der Waals surface area contributed by atoms with Gasteiger partial charge in [0, 0.05) is 31.5 Å². The Hall–Kier alpha value is -1.20. The molecule has 17 heavy (non-hydrogen) atoms. The molecule has 1 saturated carbocycles. The highest BCUT2D eigenvalue weighted by Gasteiger charge is 2.21. The third-order valence-electron chi connectivity index (χ3n) is 3.36. The first kappa shape index (κ1) is 12.3. The third kappa shape index (κ3) is 3.14. The van der Waals surface area contributed by atoms with Gasteiger partial charge in [0.05, 0.1) is 6.10 Å². The molecule has 0 atom stereocenters. The number of hydrogen-bond acceptors (Lipinski definition) is 5. The summed E-state index contributed by atoms with van der Waals surface area (Å²) in [6.45, 7) is 0.469. The Morgan fingerprint density at radius 1 is 1.41 bits per heavy atom. The minimum Gasteiger partial charge on any atom is -0.381 e. The first-order valence-electron chi connectivity index (χ1n) is 6.11. The fourth-order valence-electron chi connectivity index (χ4n) is 2.27. The van der Waals surface area contributed by atoms with Crippen molar-refractivity contribution >= 4 is 5.82 Å². The molecule has 0 spiro atoms. The van der Waals surface area contributed by atoms with Crippen LogP contribution in [0.2, 0.25) is 0 Å². The van der Waals surface area contributed by atoms with Crippen LogP contribution in [0, 0.1) is 0 Å². The Bertz CT molecular complexity index is 350. The molecule has 5 nitrogen and oxygen atoms in total. The molecule has 94 valence electrons. The van der Waals surface area contributed by atoms with Crippen LogP contribution in [-0.4, -0.2) is 29.2 Å². The first-order valence-corrected chi connectivity index (χ1v) is 6.11. The van der Waals surface area contributed by atoms with Gasteiger partial charge in [-0.3, -0.25) is 0 Å². The van der Waals surface area contributed by atoms with Crippen LogP contribution in [0.5, 0.6) is 0 Å². The molecule has 2 rings (SSSR count). The largest absolute Gasteiger partial charge is 0.381 e. The molecule has 0 aliphatic heterocycles. The Kier molecular flexibility index (Phi) is 4.28. The van der Waals surface area contributed by atoms with Crippen molar-refractivity contribution in [1.82, 2.24) is 9.97 Å². The normalized spacial score (nSPS) is 24.6. The van der Waals surface area contributed by atoms with E-state index < -0.39 is 0 Å². The van der Waals surface area contributed by atoms with Crippen LogP contribution in [0.25, 0.3) is 0 Å². The molecule has 0 amide bonds. The number of nitrogens with two attached hydrogens (primary N) is 1. The Morgan fingerprint density at radius 2 is 2.18 bits per heavy atom. The molecule has 0 aromatic carbocycles. The van der Waals surface area contributed by atoms with Gasteiger partial charge in [-0.05, 0) is 25.7 Å². The SMILES string of the molecule is CO[C@H]1CC[C@H](Nc2ncncc2CN)CC1. The average molecular weight is 236 g/mol. The highest BCUT2D eigenvalue weighted by atomic mass is 16.5. The lowest BCUT2D eigenvalue weighted by Crippen LogP contribution is -2.30. The average Bonchev–Trinajstić information content (AvgIpc) is 2.40. The van der Waals surface area contributed by atoms with E-state index in [-0.39, 0.29) is 0 Å². The fraction of sp³-hybridized carbons (Fsp3) is 0.667. The van der Waals surface area contributed by atoms with Gasteiger partial charge in [0.25, 0.3) is 0 Å². The van der Waals surface area contributed by atoms with Crippen LogP contribution in [0.1, 0.15) is 31.2 Å². The Balaban J connectivity index is 1.93. The minimum absolute atomic E-state index is 0.424. The zero-order chi connectivity index (χ0) is 12.1. The van der Waals surface area contributed by atoms with Gasteiger partial charge < -0.3 is 15.8 Å². The summed E-state index contributed by atoms with van der Waals surface area (Å²) >= 11 is 0. The van der Waals surface area contributed by atoms with Gasteiger partial charge in [-0.1, -0.05) is 0 Å². The summed E-state index contributed by atoms with van der Waals surface area (Å²) in [5, 5.41) is 3.46. The molecule has 0 bridgehead atoms. The molecule has 1 heterocycles. The number of nitrogens with zero attached hydrogens (tertiary/aromatic N) is 2. The van der Waals surface area contributed by atoms with Crippen LogP contribution in [-0.2, 0) is 11.3 Å². The lowest BCUT2D eigenvalue weighted by Gasteiger charge is -2.28. The van der Waals surface area contributed by atoms with Gasteiger partial charge in [0.15, 0.2) is 0 Å². The van der Waals surface area contributed by atoms with Gasteiger partial charge in [-0.15, -0.1) is 0 Å². The first-order chi connectivity index (χ1) is 8.33.